The van der Waals surface area contributed by atoms with E-state index < -0.39 is 60.2 Å². The van der Waals surface area contributed by atoms with Crippen molar-refractivity contribution in [2.75, 3.05) is 19.0 Å². The van der Waals surface area contributed by atoms with E-state index in [1.807, 2.05) is 43.3 Å². The van der Waals surface area contributed by atoms with Gasteiger partial charge in [0, 0.05) is 6.54 Å². The number of carbonyl (C=O) groups excluding carboxylic acids is 3. The number of methoxy groups -OCH3 is 1. The van der Waals surface area contributed by atoms with Crippen molar-refractivity contribution in [3.05, 3.63) is 131 Å². The van der Waals surface area contributed by atoms with E-state index in [0.29, 0.717) is 11.1 Å². The second-order valence-electron chi connectivity index (χ2n) is 11.3. The first-order valence-corrected chi connectivity index (χ1v) is 15.3. The number of halogens is 3. The maximum absolute atomic E-state index is 13.5. The van der Waals surface area contributed by atoms with Crippen molar-refractivity contribution in [3.8, 4) is 22.6 Å². The third kappa shape index (κ3) is 9.38. The van der Waals surface area contributed by atoms with Gasteiger partial charge >= 0.3 is 24.1 Å². The molecule has 0 unspecified atom stereocenters. The Hall–Kier alpha value is -6.44. The Morgan fingerprint density at radius 3 is 2.12 bits per heavy atom. The summed E-state index contributed by atoms with van der Waals surface area (Å²) in [4.78, 5) is 54.8. The highest BCUT2D eigenvalue weighted by Gasteiger charge is 2.34. The zero-order valence-electron chi connectivity index (χ0n) is 27.2. The van der Waals surface area contributed by atoms with Crippen LogP contribution in [0.3, 0.4) is 0 Å². The summed E-state index contributed by atoms with van der Waals surface area (Å²) in [6, 6.07) is 23.7. The molecule has 14 heteroatoms. The van der Waals surface area contributed by atoms with Crippen LogP contribution in [0.15, 0.2) is 102 Å². The van der Waals surface area contributed by atoms with Crippen LogP contribution in [0.2, 0.25) is 0 Å². The highest BCUT2D eigenvalue weighted by molar-refractivity contribution is 5.95. The van der Waals surface area contributed by atoms with Crippen molar-refractivity contribution in [1.82, 2.24) is 9.88 Å². The van der Waals surface area contributed by atoms with Crippen molar-refractivity contribution < 1.29 is 51.3 Å². The molecule has 0 bridgehead atoms. The monoisotopic (exact) mass is 701 g/mol. The summed E-state index contributed by atoms with van der Waals surface area (Å²) >= 11 is 0. The molecule has 1 heterocycles. The number of amides is 2. The molecule has 4 aromatic carbocycles. The second-order valence-corrected chi connectivity index (χ2v) is 11.3. The van der Waals surface area contributed by atoms with E-state index in [0.717, 1.165) is 39.9 Å². The van der Waals surface area contributed by atoms with Gasteiger partial charge in [0.2, 0.25) is 11.7 Å². The fraction of sp³-hybridized carbons (Fsp3) is 0.162. The van der Waals surface area contributed by atoms with Gasteiger partial charge in [-0.25, -0.2) is 9.78 Å². The maximum atomic E-state index is 13.5. The smallest absolute Gasteiger partial charge is 0.416 e. The minimum absolute atomic E-state index is 0.0382. The molecule has 1 aromatic heterocycles. The SMILES string of the molecule is COc1ccc(CC(=O)Nc2ncc(C(=O)N(CC(=O)O)Cc3ccc(OC(=O)c4ccc(-c5ccc(C)cc5)cc4)cc3)o2)c(C(F)(F)F)c1. The topological polar surface area (TPSA) is 148 Å². The number of alkyl halides is 3. The zero-order valence-corrected chi connectivity index (χ0v) is 27.2. The molecule has 11 nitrogen and oxygen atoms in total. The number of ether oxygens (including phenoxy) is 2. The molecule has 0 fully saturated rings. The number of nitrogens with one attached hydrogen (secondary N) is 1. The van der Waals surface area contributed by atoms with Gasteiger partial charge in [-0.1, -0.05) is 60.2 Å². The number of aliphatic carboxylic acids is 1. The number of carboxylic acid groups (broad SMARTS) is 1. The lowest BCUT2D eigenvalue weighted by molar-refractivity contribution is -0.139. The molecule has 0 atom stereocenters. The molecule has 0 spiro atoms. The van der Waals surface area contributed by atoms with Crippen molar-refractivity contribution in [2.24, 2.45) is 0 Å². The maximum Gasteiger partial charge on any atom is 0.416 e. The minimum Gasteiger partial charge on any atom is -0.497 e. The van der Waals surface area contributed by atoms with Crippen molar-refractivity contribution in [1.29, 1.82) is 0 Å². The molecule has 0 saturated heterocycles. The number of nitrogens with zero attached hydrogens (tertiary/aromatic N) is 2. The quantitative estimate of drug-likeness (QED) is 0.106. The first-order valence-electron chi connectivity index (χ1n) is 15.3. The van der Waals surface area contributed by atoms with Gasteiger partial charge in [-0.15, -0.1) is 0 Å². The number of carboxylic acids is 1. The first kappa shape index (κ1) is 35.9. The van der Waals surface area contributed by atoms with E-state index in [2.05, 4.69) is 10.3 Å². The average Bonchev–Trinajstić information content (AvgIpc) is 3.56. The first-order chi connectivity index (χ1) is 24.3. The summed E-state index contributed by atoms with van der Waals surface area (Å²) in [7, 11) is 1.21. The molecule has 0 aliphatic carbocycles. The molecule has 51 heavy (non-hydrogen) atoms. The molecule has 2 amide bonds. The fourth-order valence-electron chi connectivity index (χ4n) is 4.98. The number of benzene rings is 4. The van der Waals surface area contributed by atoms with Gasteiger partial charge in [0.25, 0.3) is 5.91 Å². The Kier molecular flexibility index (Phi) is 10.8. The fourth-order valence-corrected chi connectivity index (χ4v) is 4.98. The number of carbonyl (C=O) groups is 4. The molecule has 0 radical (unpaired) electrons. The van der Waals surface area contributed by atoms with Gasteiger partial charge < -0.3 is 23.9 Å². The van der Waals surface area contributed by atoms with Crippen molar-refractivity contribution in [2.45, 2.75) is 26.1 Å². The lowest BCUT2D eigenvalue weighted by Crippen LogP contribution is -2.35. The molecular formula is C37H30F3N3O8. The number of aryl methyl sites for hydroxylation is 1. The highest BCUT2D eigenvalue weighted by Crippen LogP contribution is 2.35. The predicted octanol–water partition coefficient (Wildman–Crippen LogP) is 6.80. The summed E-state index contributed by atoms with van der Waals surface area (Å²) in [6.45, 7) is 1.08. The van der Waals surface area contributed by atoms with E-state index in [4.69, 9.17) is 13.9 Å². The lowest BCUT2D eigenvalue weighted by atomic mass is 10.0. The van der Waals surface area contributed by atoms with E-state index in [1.165, 1.54) is 25.3 Å². The number of hydrogen-bond acceptors (Lipinski definition) is 8. The van der Waals surface area contributed by atoms with E-state index in [9.17, 15) is 37.5 Å². The average molecular weight is 702 g/mol. The third-order valence-electron chi connectivity index (χ3n) is 7.56. The summed E-state index contributed by atoms with van der Waals surface area (Å²) in [5.74, 6) is -3.95. The molecule has 5 rings (SSSR count). The van der Waals surface area contributed by atoms with Crippen LogP contribution >= 0.6 is 0 Å². The van der Waals surface area contributed by atoms with E-state index >= 15 is 0 Å². The van der Waals surface area contributed by atoms with Crippen molar-refractivity contribution in [3.63, 3.8) is 0 Å². The molecule has 0 aliphatic rings. The molecule has 5 aromatic rings. The molecule has 2 N–H and O–H groups in total. The number of hydrogen-bond donors (Lipinski definition) is 2. The molecule has 0 aliphatic heterocycles. The Labute approximate surface area is 289 Å². The van der Waals surface area contributed by atoms with Crippen LogP contribution in [0.1, 0.15) is 43.2 Å². The summed E-state index contributed by atoms with van der Waals surface area (Å²) < 4.78 is 56.2. The third-order valence-corrected chi connectivity index (χ3v) is 7.56. The van der Waals surface area contributed by atoms with Gasteiger partial charge in [-0.05, 0) is 65.6 Å². The van der Waals surface area contributed by atoms with Crippen LogP contribution in [-0.4, -0.2) is 52.4 Å². The van der Waals surface area contributed by atoms with Crippen LogP contribution in [-0.2, 0) is 28.7 Å². The summed E-state index contributed by atoms with van der Waals surface area (Å²) in [6.07, 6.45) is -4.49. The van der Waals surface area contributed by atoms with Crippen LogP contribution in [0, 0.1) is 6.92 Å². The van der Waals surface area contributed by atoms with Gasteiger partial charge in [-0.2, -0.15) is 13.2 Å². The molecular weight excluding hydrogens is 671 g/mol. The summed E-state index contributed by atoms with van der Waals surface area (Å²) in [5.41, 5.74) is 2.52. The second kappa shape index (κ2) is 15.4. The largest absolute Gasteiger partial charge is 0.497 e. The van der Waals surface area contributed by atoms with Gasteiger partial charge in [0.15, 0.2) is 0 Å². The van der Waals surface area contributed by atoms with Crippen LogP contribution in [0.25, 0.3) is 11.1 Å². The zero-order chi connectivity index (χ0) is 36.7. The Morgan fingerprint density at radius 1 is 0.882 bits per heavy atom. The van der Waals surface area contributed by atoms with Gasteiger partial charge in [-0.3, -0.25) is 19.7 Å². The number of rotatable bonds is 12. The van der Waals surface area contributed by atoms with Crippen molar-refractivity contribution >= 4 is 29.8 Å². The Morgan fingerprint density at radius 2 is 1.51 bits per heavy atom. The minimum atomic E-state index is -4.75. The van der Waals surface area contributed by atoms with Gasteiger partial charge in [0.05, 0.1) is 30.9 Å². The van der Waals surface area contributed by atoms with Crippen LogP contribution in [0.4, 0.5) is 19.2 Å². The lowest BCUT2D eigenvalue weighted by Gasteiger charge is -2.19. The van der Waals surface area contributed by atoms with E-state index in [1.54, 1.807) is 24.3 Å². The number of anilines is 1. The number of oxazole rings is 1. The molecule has 0 saturated carbocycles. The van der Waals surface area contributed by atoms with Crippen LogP contribution in [0.5, 0.6) is 11.5 Å². The molecule has 262 valence electrons. The van der Waals surface area contributed by atoms with Crippen LogP contribution < -0.4 is 14.8 Å². The standard InChI is InChI=1S/C37H30F3N3O8/c1-22-3-7-24(8-4-22)25-9-11-26(12-10-25)35(48)50-28-14-5-23(6-15-28)20-43(21-33(45)46)34(47)31-19-41-36(51-31)42-32(44)17-27-13-16-29(49-2)18-30(27)37(38,39)40/h3-16,18-19H,17,20-21H2,1-2H3,(H,45,46)(H,41,42,44). The highest BCUT2D eigenvalue weighted by atomic mass is 19.4. The predicted molar refractivity (Wildman–Crippen MR) is 177 cm³/mol. The van der Waals surface area contributed by atoms with E-state index in [-0.39, 0.29) is 23.6 Å². The Bertz CT molecular complexity index is 2040. The van der Waals surface area contributed by atoms with Gasteiger partial charge in [0.1, 0.15) is 18.0 Å². The number of aromatic nitrogens is 1. The summed E-state index contributed by atoms with van der Waals surface area (Å²) in [5, 5.41) is 11.6. The number of esters is 1. The normalized spacial score (nSPS) is 11.1. The Balaban J connectivity index is 1.20.